The number of hydrogen-bond acceptors (Lipinski definition) is 5. The number of anilines is 1. The lowest BCUT2D eigenvalue weighted by Crippen LogP contribution is -2.26. The van der Waals surface area contributed by atoms with E-state index in [0.29, 0.717) is 26.3 Å². The van der Waals surface area contributed by atoms with E-state index >= 15 is 0 Å². The molecule has 0 aliphatic rings. The summed E-state index contributed by atoms with van der Waals surface area (Å²) in [6, 6.07) is 6.36. The largest absolute Gasteiger partial charge is 0.508 e. The summed E-state index contributed by atoms with van der Waals surface area (Å²) in [5.41, 5.74) is 1.15. The number of phenols is 1. The Kier molecular flexibility index (Phi) is 3.65. The molecule has 0 saturated heterocycles. The minimum absolute atomic E-state index is 0.139. The van der Waals surface area contributed by atoms with Gasteiger partial charge in [0.25, 0.3) is 11.5 Å². The lowest BCUT2D eigenvalue weighted by Gasteiger charge is -2.16. The topological polar surface area (TPSA) is 75.4 Å². The lowest BCUT2D eigenvalue weighted by atomic mass is 10.2. The summed E-state index contributed by atoms with van der Waals surface area (Å²) in [5.74, 6) is -0.0708. The number of aryl methyl sites for hydroxylation is 2. The van der Waals surface area contributed by atoms with Gasteiger partial charge in [-0.05, 0) is 36.8 Å². The minimum atomic E-state index is -0.210. The highest BCUT2D eigenvalue weighted by atomic mass is 32.1. The summed E-state index contributed by atoms with van der Waals surface area (Å²) in [5, 5.41) is 9.83. The molecular weight excluding hydrogens is 314 g/mol. The highest BCUT2D eigenvalue weighted by Crippen LogP contribution is 2.29. The zero-order valence-electron chi connectivity index (χ0n) is 12.9. The number of fused-ring (bicyclic) bond motifs is 1. The summed E-state index contributed by atoms with van der Waals surface area (Å²) < 4.78 is 1.40. The molecule has 3 aromatic rings. The second-order valence-electron chi connectivity index (χ2n) is 5.28. The van der Waals surface area contributed by atoms with Crippen LogP contribution in [0.1, 0.15) is 15.2 Å². The van der Waals surface area contributed by atoms with Crippen molar-refractivity contribution >= 4 is 33.1 Å². The van der Waals surface area contributed by atoms with Gasteiger partial charge in [0.1, 0.15) is 10.6 Å². The maximum atomic E-state index is 12.8. The van der Waals surface area contributed by atoms with Crippen LogP contribution < -0.4 is 10.5 Å². The molecule has 23 heavy (non-hydrogen) atoms. The van der Waals surface area contributed by atoms with Crippen LogP contribution in [0, 0.1) is 6.92 Å². The maximum Gasteiger partial charge on any atom is 0.268 e. The molecule has 1 N–H and O–H groups in total. The quantitative estimate of drug-likeness (QED) is 0.783. The van der Waals surface area contributed by atoms with Crippen LogP contribution in [0.3, 0.4) is 0 Å². The molecule has 0 radical (unpaired) electrons. The number of phenolic OH excluding ortho intramolecular Hbond substituents is 1. The summed E-state index contributed by atoms with van der Waals surface area (Å²) in [4.78, 5) is 31.8. The Morgan fingerprint density at radius 1 is 1.30 bits per heavy atom. The molecule has 0 aliphatic carbocycles. The van der Waals surface area contributed by atoms with Crippen LogP contribution in [0.4, 0.5) is 5.69 Å². The Morgan fingerprint density at radius 2 is 1.96 bits per heavy atom. The van der Waals surface area contributed by atoms with Gasteiger partial charge in [0.15, 0.2) is 0 Å². The summed E-state index contributed by atoms with van der Waals surface area (Å²) >= 11 is 1.22. The van der Waals surface area contributed by atoms with Crippen LogP contribution in [0.5, 0.6) is 5.75 Å². The molecule has 0 unspecified atom stereocenters. The number of hydrogen-bond donors (Lipinski definition) is 1. The predicted octanol–water partition coefficient (Wildman–Crippen LogP) is 2.29. The van der Waals surface area contributed by atoms with E-state index in [-0.39, 0.29) is 17.2 Å². The van der Waals surface area contributed by atoms with Crippen molar-refractivity contribution in [3.63, 3.8) is 0 Å². The van der Waals surface area contributed by atoms with Gasteiger partial charge in [-0.2, -0.15) is 0 Å². The number of benzene rings is 1. The standard InChI is InChI=1S/C16H15N3O3S/c1-9-12-14(17-8-18(2)15(12)21)23-13(9)16(22)19(3)10-4-6-11(20)7-5-10/h4-8,20H,1-3H3. The van der Waals surface area contributed by atoms with Crippen molar-refractivity contribution in [1.29, 1.82) is 0 Å². The average molecular weight is 329 g/mol. The number of aromatic nitrogens is 2. The van der Waals surface area contributed by atoms with Gasteiger partial charge in [-0.3, -0.25) is 9.59 Å². The number of carbonyl (C=O) groups is 1. The highest BCUT2D eigenvalue weighted by molar-refractivity contribution is 7.20. The van der Waals surface area contributed by atoms with Gasteiger partial charge >= 0.3 is 0 Å². The van der Waals surface area contributed by atoms with Gasteiger partial charge in [-0.25, -0.2) is 4.98 Å². The normalized spacial score (nSPS) is 10.9. The fourth-order valence-corrected chi connectivity index (χ4v) is 3.47. The molecule has 1 amide bonds. The Bertz CT molecular complexity index is 957. The highest BCUT2D eigenvalue weighted by Gasteiger charge is 2.22. The Labute approximate surface area is 136 Å². The Balaban J connectivity index is 2.07. The molecule has 2 aromatic heterocycles. The van der Waals surface area contributed by atoms with Crippen molar-refractivity contribution in [2.24, 2.45) is 7.05 Å². The zero-order chi connectivity index (χ0) is 16.7. The van der Waals surface area contributed by atoms with E-state index in [9.17, 15) is 14.7 Å². The second-order valence-corrected chi connectivity index (χ2v) is 6.28. The molecule has 0 aliphatic heterocycles. The molecule has 6 nitrogen and oxygen atoms in total. The minimum Gasteiger partial charge on any atom is -0.508 e. The number of amides is 1. The zero-order valence-corrected chi connectivity index (χ0v) is 13.7. The van der Waals surface area contributed by atoms with Crippen LogP contribution in [0.25, 0.3) is 10.2 Å². The molecule has 3 rings (SSSR count). The van der Waals surface area contributed by atoms with Gasteiger partial charge in [-0.15, -0.1) is 11.3 Å². The van der Waals surface area contributed by atoms with E-state index in [0.717, 1.165) is 0 Å². The summed E-state index contributed by atoms with van der Waals surface area (Å²) in [6.45, 7) is 1.76. The van der Waals surface area contributed by atoms with Crippen molar-refractivity contribution in [3.8, 4) is 5.75 Å². The predicted molar refractivity (Wildman–Crippen MR) is 90.4 cm³/mol. The first-order valence-corrected chi connectivity index (χ1v) is 7.73. The molecular formula is C16H15N3O3S. The van der Waals surface area contributed by atoms with E-state index in [2.05, 4.69) is 4.98 Å². The Hall–Kier alpha value is -2.67. The maximum absolute atomic E-state index is 12.8. The van der Waals surface area contributed by atoms with E-state index in [1.54, 1.807) is 33.2 Å². The van der Waals surface area contributed by atoms with Gasteiger partial charge in [0.2, 0.25) is 0 Å². The third kappa shape index (κ3) is 2.49. The van der Waals surface area contributed by atoms with Crippen LogP contribution in [-0.4, -0.2) is 27.6 Å². The third-order valence-electron chi connectivity index (χ3n) is 3.75. The van der Waals surface area contributed by atoms with Crippen molar-refractivity contribution in [3.05, 3.63) is 51.4 Å². The van der Waals surface area contributed by atoms with Gasteiger partial charge in [0.05, 0.1) is 16.6 Å². The van der Waals surface area contributed by atoms with E-state index < -0.39 is 0 Å². The molecule has 0 fully saturated rings. The van der Waals surface area contributed by atoms with E-state index in [1.807, 2.05) is 0 Å². The monoisotopic (exact) mass is 329 g/mol. The molecule has 7 heteroatoms. The van der Waals surface area contributed by atoms with Crippen LogP contribution in [0.2, 0.25) is 0 Å². The van der Waals surface area contributed by atoms with Crippen molar-refractivity contribution in [1.82, 2.24) is 9.55 Å². The van der Waals surface area contributed by atoms with Crippen LogP contribution in [-0.2, 0) is 7.05 Å². The van der Waals surface area contributed by atoms with Crippen LogP contribution >= 0.6 is 11.3 Å². The molecule has 0 atom stereocenters. The lowest BCUT2D eigenvalue weighted by molar-refractivity contribution is 0.0996. The number of rotatable bonds is 2. The molecule has 0 spiro atoms. The molecule has 0 saturated carbocycles. The number of carbonyl (C=O) groups excluding carboxylic acids is 1. The summed E-state index contributed by atoms with van der Waals surface area (Å²) in [7, 11) is 3.29. The second kappa shape index (κ2) is 5.51. The average Bonchev–Trinajstić information content (AvgIpc) is 2.88. The molecule has 2 heterocycles. The SMILES string of the molecule is Cc1c(C(=O)N(C)c2ccc(O)cc2)sc2ncn(C)c(=O)c12. The number of thiophene rings is 1. The first-order valence-electron chi connectivity index (χ1n) is 6.92. The summed E-state index contributed by atoms with van der Waals surface area (Å²) in [6.07, 6.45) is 1.46. The van der Waals surface area contributed by atoms with Crippen LogP contribution in [0.15, 0.2) is 35.4 Å². The fraction of sp³-hybridized carbons (Fsp3) is 0.188. The van der Waals surface area contributed by atoms with Crippen molar-refractivity contribution < 1.29 is 9.90 Å². The first-order chi connectivity index (χ1) is 10.9. The van der Waals surface area contributed by atoms with Crippen molar-refractivity contribution in [2.45, 2.75) is 6.92 Å². The van der Waals surface area contributed by atoms with Crippen molar-refractivity contribution in [2.75, 3.05) is 11.9 Å². The molecule has 1 aromatic carbocycles. The molecule has 0 bridgehead atoms. The molecule has 118 valence electrons. The van der Waals surface area contributed by atoms with Gasteiger partial charge in [-0.1, -0.05) is 0 Å². The van der Waals surface area contributed by atoms with Gasteiger partial charge < -0.3 is 14.6 Å². The smallest absolute Gasteiger partial charge is 0.268 e. The fourth-order valence-electron chi connectivity index (χ4n) is 2.36. The van der Waals surface area contributed by atoms with Gasteiger partial charge in [0, 0.05) is 19.8 Å². The first kappa shape index (κ1) is 15.2. The van der Waals surface area contributed by atoms with E-state index in [1.165, 1.54) is 39.3 Å². The Morgan fingerprint density at radius 3 is 2.61 bits per heavy atom. The third-order valence-corrected chi connectivity index (χ3v) is 4.93. The van der Waals surface area contributed by atoms with E-state index in [4.69, 9.17) is 0 Å². The number of nitrogens with zero attached hydrogens (tertiary/aromatic N) is 3. The number of aromatic hydroxyl groups is 1.